The minimum atomic E-state index is -4.75. The van der Waals surface area contributed by atoms with Crippen LogP contribution in [0.25, 0.3) is 0 Å². The molecule has 0 aromatic heterocycles. The standard InChI is InChI=1S/C14H8F5NO/c15-10-6-3-7-11(16)12(10)20-13(21)8-4-1-2-5-9(8)14(17,18)19/h1-7H,(H,20,21). The number of carbonyl (C=O) groups is 1. The van der Waals surface area contributed by atoms with Crippen LogP contribution in [0, 0.1) is 11.6 Å². The second-order valence-corrected chi connectivity index (χ2v) is 4.09. The van der Waals surface area contributed by atoms with Crippen molar-refractivity contribution in [1.29, 1.82) is 0 Å². The third kappa shape index (κ3) is 3.18. The lowest BCUT2D eigenvalue weighted by molar-refractivity contribution is -0.137. The first-order chi connectivity index (χ1) is 9.80. The Labute approximate surface area is 116 Å². The zero-order valence-corrected chi connectivity index (χ0v) is 10.3. The highest BCUT2D eigenvalue weighted by Gasteiger charge is 2.35. The smallest absolute Gasteiger partial charge is 0.317 e. The van der Waals surface area contributed by atoms with E-state index in [2.05, 4.69) is 0 Å². The van der Waals surface area contributed by atoms with Crippen LogP contribution in [-0.4, -0.2) is 5.91 Å². The lowest BCUT2D eigenvalue weighted by atomic mass is 10.1. The zero-order chi connectivity index (χ0) is 15.6. The molecule has 0 aliphatic heterocycles. The number of amides is 1. The van der Waals surface area contributed by atoms with Crippen LogP contribution in [0.2, 0.25) is 0 Å². The average molecular weight is 301 g/mol. The van der Waals surface area contributed by atoms with Crippen molar-refractivity contribution in [3.63, 3.8) is 0 Å². The molecule has 1 amide bonds. The molecule has 0 saturated heterocycles. The molecule has 0 atom stereocenters. The maximum atomic E-state index is 13.4. The fraction of sp³-hybridized carbons (Fsp3) is 0.0714. The summed E-state index contributed by atoms with van der Waals surface area (Å²) in [6, 6.07) is 6.82. The van der Waals surface area contributed by atoms with Crippen molar-refractivity contribution in [2.45, 2.75) is 6.18 Å². The van der Waals surface area contributed by atoms with E-state index in [4.69, 9.17) is 0 Å². The van der Waals surface area contributed by atoms with E-state index in [-0.39, 0.29) is 0 Å². The number of hydrogen-bond acceptors (Lipinski definition) is 1. The van der Waals surface area contributed by atoms with E-state index in [1.165, 1.54) is 6.07 Å². The Bertz CT molecular complexity index is 661. The van der Waals surface area contributed by atoms with Crippen LogP contribution >= 0.6 is 0 Å². The number of rotatable bonds is 2. The molecule has 2 nitrogen and oxygen atoms in total. The van der Waals surface area contributed by atoms with Crippen molar-refractivity contribution in [1.82, 2.24) is 0 Å². The van der Waals surface area contributed by atoms with Gasteiger partial charge in [-0.1, -0.05) is 18.2 Å². The van der Waals surface area contributed by atoms with Gasteiger partial charge in [0.05, 0.1) is 11.1 Å². The first-order valence-electron chi connectivity index (χ1n) is 5.72. The van der Waals surface area contributed by atoms with Crippen molar-refractivity contribution in [2.24, 2.45) is 0 Å². The monoisotopic (exact) mass is 301 g/mol. The highest BCUT2D eigenvalue weighted by Crippen LogP contribution is 2.32. The summed E-state index contributed by atoms with van der Waals surface area (Å²) < 4.78 is 65.1. The number of halogens is 5. The molecule has 0 heterocycles. The van der Waals surface area contributed by atoms with Crippen molar-refractivity contribution in [3.8, 4) is 0 Å². The molecule has 0 bridgehead atoms. The van der Waals surface area contributed by atoms with Crippen LogP contribution in [-0.2, 0) is 6.18 Å². The Hall–Kier alpha value is -2.44. The zero-order valence-electron chi connectivity index (χ0n) is 10.3. The molecule has 0 fully saturated rings. The van der Waals surface area contributed by atoms with E-state index in [1.807, 2.05) is 5.32 Å². The Morgan fingerprint density at radius 3 is 2.05 bits per heavy atom. The molecule has 0 radical (unpaired) electrons. The van der Waals surface area contributed by atoms with E-state index in [0.29, 0.717) is 6.07 Å². The van der Waals surface area contributed by atoms with E-state index in [1.54, 1.807) is 0 Å². The molecule has 0 aliphatic carbocycles. The minimum Gasteiger partial charge on any atom is -0.317 e. The molecule has 0 aliphatic rings. The van der Waals surface area contributed by atoms with Crippen molar-refractivity contribution >= 4 is 11.6 Å². The van der Waals surface area contributed by atoms with E-state index in [0.717, 1.165) is 30.3 Å². The van der Waals surface area contributed by atoms with Gasteiger partial charge in [-0.15, -0.1) is 0 Å². The average Bonchev–Trinajstić information content (AvgIpc) is 2.42. The molecular formula is C14H8F5NO. The molecule has 7 heteroatoms. The predicted molar refractivity (Wildman–Crippen MR) is 65.8 cm³/mol. The number of nitrogens with one attached hydrogen (secondary N) is 1. The van der Waals surface area contributed by atoms with Gasteiger partial charge in [0.15, 0.2) is 0 Å². The number of carbonyl (C=O) groups excluding carboxylic acids is 1. The van der Waals surface area contributed by atoms with Crippen molar-refractivity contribution < 1.29 is 26.7 Å². The van der Waals surface area contributed by atoms with Crippen molar-refractivity contribution in [2.75, 3.05) is 5.32 Å². The van der Waals surface area contributed by atoms with Crippen LogP contribution in [0.3, 0.4) is 0 Å². The fourth-order valence-electron chi connectivity index (χ4n) is 1.73. The number of hydrogen-bond donors (Lipinski definition) is 1. The third-order valence-electron chi connectivity index (χ3n) is 2.68. The molecular weight excluding hydrogens is 293 g/mol. The number of alkyl halides is 3. The molecule has 2 rings (SSSR count). The van der Waals surface area contributed by atoms with Gasteiger partial charge in [0, 0.05) is 0 Å². The maximum Gasteiger partial charge on any atom is 0.417 e. The fourth-order valence-corrected chi connectivity index (χ4v) is 1.73. The lowest BCUT2D eigenvalue weighted by Crippen LogP contribution is -2.19. The van der Waals surface area contributed by atoms with Crippen LogP contribution in [0.4, 0.5) is 27.6 Å². The second-order valence-electron chi connectivity index (χ2n) is 4.09. The summed E-state index contributed by atoms with van der Waals surface area (Å²) in [4.78, 5) is 11.8. The van der Waals surface area contributed by atoms with Crippen LogP contribution < -0.4 is 5.32 Å². The molecule has 0 spiro atoms. The minimum absolute atomic E-state index is 0.715. The Morgan fingerprint density at radius 2 is 1.48 bits per heavy atom. The number of benzene rings is 2. The molecule has 0 unspecified atom stereocenters. The first-order valence-corrected chi connectivity index (χ1v) is 5.72. The molecule has 1 N–H and O–H groups in total. The van der Waals surface area contributed by atoms with Crippen LogP contribution in [0.15, 0.2) is 42.5 Å². The SMILES string of the molecule is O=C(Nc1c(F)cccc1F)c1ccccc1C(F)(F)F. The summed E-state index contributed by atoms with van der Waals surface area (Å²) in [5.41, 5.74) is -2.69. The summed E-state index contributed by atoms with van der Waals surface area (Å²) in [7, 11) is 0. The molecule has 0 saturated carbocycles. The third-order valence-corrected chi connectivity index (χ3v) is 2.68. The Morgan fingerprint density at radius 1 is 0.905 bits per heavy atom. The number of anilines is 1. The Balaban J connectivity index is 2.38. The van der Waals surface area contributed by atoms with E-state index >= 15 is 0 Å². The van der Waals surface area contributed by atoms with Gasteiger partial charge in [-0.05, 0) is 24.3 Å². The topological polar surface area (TPSA) is 29.1 Å². The molecule has 110 valence electrons. The lowest BCUT2D eigenvalue weighted by Gasteiger charge is -2.13. The van der Waals surface area contributed by atoms with E-state index < -0.39 is 40.5 Å². The van der Waals surface area contributed by atoms with Crippen molar-refractivity contribution in [3.05, 3.63) is 65.2 Å². The summed E-state index contributed by atoms with van der Waals surface area (Å²) in [5.74, 6) is -3.40. The van der Waals surface area contributed by atoms with Gasteiger partial charge in [-0.2, -0.15) is 13.2 Å². The van der Waals surface area contributed by atoms with Crippen LogP contribution in [0.5, 0.6) is 0 Å². The number of para-hydroxylation sites is 1. The Kier molecular flexibility index (Phi) is 3.93. The predicted octanol–water partition coefficient (Wildman–Crippen LogP) is 4.24. The first kappa shape index (κ1) is 15.0. The van der Waals surface area contributed by atoms with Gasteiger partial charge in [-0.25, -0.2) is 8.78 Å². The molecule has 21 heavy (non-hydrogen) atoms. The molecule has 2 aromatic rings. The van der Waals surface area contributed by atoms with Gasteiger partial charge < -0.3 is 5.32 Å². The van der Waals surface area contributed by atoms with Gasteiger partial charge >= 0.3 is 6.18 Å². The second kappa shape index (κ2) is 5.51. The summed E-state index contributed by atoms with van der Waals surface area (Å²) in [6.45, 7) is 0. The largest absolute Gasteiger partial charge is 0.417 e. The van der Waals surface area contributed by atoms with Crippen LogP contribution in [0.1, 0.15) is 15.9 Å². The summed E-state index contributed by atoms with van der Waals surface area (Å²) in [5, 5.41) is 1.82. The van der Waals surface area contributed by atoms with Gasteiger partial charge in [0.25, 0.3) is 5.91 Å². The normalized spacial score (nSPS) is 11.3. The maximum absolute atomic E-state index is 13.4. The highest BCUT2D eigenvalue weighted by atomic mass is 19.4. The van der Waals surface area contributed by atoms with Gasteiger partial charge in [-0.3, -0.25) is 4.79 Å². The van der Waals surface area contributed by atoms with Gasteiger partial charge in [0.2, 0.25) is 0 Å². The quantitative estimate of drug-likeness (QED) is 0.826. The molecule has 2 aromatic carbocycles. The van der Waals surface area contributed by atoms with Gasteiger partial charge in [0.1, 0.15) is 17.3 Å². The van der Waals surface area contributed by atoms with E-state index in [9.17, 15) is 26.7 Å². The highest BCUT2D eigenvalue weighted by molar-refractivity contribution is 6.05. The summed E-state index contributed by atoms with van der Waals surface area (Å²) >= 11 is 0. The summed E-state index contributed by atoms with van der Waals surface area (Å²) in [6.07, 6.45) is -4.75.